The lowest BCUT2D eigenvalue weighted by molar-refractivity contribution is -0.119. The molecule has 0 spiro atoms. The van der Waals surface area contributed by atoms with Crippen LogP contribution in [0.4, 0.5) is 10.1 Å². The summed E-state index contributed by atoms with van der Waals surface area (Å²) >= 11 is 0. The van der Waals surface area contributed by atoms with E-state index in [1.807, 2.05) is 35.0 Å². The highest BCUT2D eigenvalue weighted by Crippen LogP contribution is 2.30. The molecule has 2 aromatic rings. The topological polar surface area (TPSA) is 42.0 Å². The lowest BCUT2D eigenvalue weighted by Gasteiger charge is -2.31. The first-order chi connectivity index (χ1) is 13.1. The Hall–Kier alpha value is -2.60. The second kappa shape index (κ2) is 8.86. The molecule has 0 bridgehead atoms. The number of carbonyl (C=O) groups is 1. The fourth-order valence-corrected chi connectivity index (χ4v) is 3.23. The van der Waals surface area contributed by atoms with E-state index in [1.54, 1.807) is 25.3 Å². The number of para-hydroxylation sites is 1. The maximum atomic E-state index is 13.6. The number of benzene rings is 2. The van der Waals surface area contributed by atoms with E-state index in [2.05, 4.69) is 0 Å². The van der Waals surface area contributed by atoms with Crippen molar-refractivity contribution in [3.05, 3.63) is 53.8 Å². The molecule has 0 aromatic heterocycles. The predicted octanol–water partition coefficient (Wildman–Crippen LogP) is 3.12. The molecule has 0 fully saturated rings. The molecular formula is C21H25FN2O3. The van der Waals surface area contributed by atoms with E-state index in [9.17, 15) is 9.18 Å². The van der Waals surface area contributed by atoms with Gasteiger partial charge in [-0.2, -0.15) is 0 Å². The van der Waals surface area contributed by atoms with Gasteiger partial charge in [0.15, 0.2) is 11.6 Å². The number of fused-ring (bicyclic) bond motifs is 1. The number of hydrogen-bond acceptors (Lipinski definition) is 4. The molecule has 1 aliphatic rings. The number of hydrogen-bond donors (Lipinski definition) is 0. The number of anilines is 1. The summed E-state index contributed by atoms with van der Waals surface area (Å²) in [6, 6.07) is 12.2. The molecule has 0 saturated carbocycles. The number of carbonyl (C=O) groups excluding carboxylic acids is 1. The second-order valence-electron chi connectivity index (χ2n) is 6.66. The van der Waals surface area contributed by atoms with Crippen LogP contribution in [0.1, 0.15) is 12.0 Å². The second-order valence-corrected chi connectivity index (χ2v) is 6.66. The number of halogens is 1. The van der Waals surface area contributed by atoms with Gasteiger partial charge in [-0.25, -0.2) is 4.39 Å². The minimum Gasteiger partial charge on any atom is -0.497 e. The molecule has 6 heteroatoms. The Morgan fingerprint density at radius 1 is 1.26 bits per heavy atom. The number of amides is 1. The summed E-state index contributed by atoms with van der Waals surface area (Å²) in [6.45, 7) is 1.85. The summed E-state index contributed by atoms with van der Waals surface area (Å²) in [5, 5.41) is 0. The molecule has 2 aromatic carbocycles. The zero-order valence-electron chi connectivity index (χ0n) is 15.8. The predicted molar refractivity (Wildman–Crippen MR) is 103 cm³/mol. The minimum atomic E-state index is -0.378. The van der Waals surface area contributed by atoms with Crippen LogP contribution >= 0.6 is 0 Å². The largest absolute Gasteiger partial charge is 0.497 e. The quantitative estimate of drug-likeness (QED) is 0.749. The molecule has 3 rings (SSSR count). The van der Waals surface area contributed by atoms with Crippen molar-refractivity contribution in [3.63, 3.8) is 0 Å². The molecular weight excluding hydrogens is 347 g/mol. The highest BCUT2D eigenvalue weighted by molar-refractivity contribution is 5.96. The first-order valence-electron chi connectivity index (χ1n) is 9.11. The van der Waals surface area contributed by atoms with Crippen molar-refractivity contribution in [2.75, 3.05) is 45.3 Å². The fourth-order valence-electron chi connectivity index (χ4n) is 3.23. The number of ether oxygens (including phenoxy) is 2. The van der Waals surface area contributed by atoms with Gasteiger partial charge in [0.1, 0.15) is 12.4 Å². The first-order valence-corrected chi connectivity index (χ1v) is 9.11. The van der Waals surface area contributed by atoms with Gasteiger partial charge in [-0.05, 0) is 55.8 Å². The van der Waals surface area contributed by atoms with E-state index in [0.717, 1.165) is 36.4 Å². The van der Waals surface area contributed by atoms with Gasteiger partial charge in [0.05, 0.1) is 13.7 Å². The zero-order valence-corrected chi connectivity index (χ0v) is 15.8. The standard InChI is InChI=1S/C21H25FN2O3/c1-23(12-13-27-20-8-4-3-7-18(20)22)15-21(25)24-11-5-6-16-14-17(26-2)9-10-19(16)24/h3-4,7-10,14H,5-6,11-13,15H2,1-2H3. The Morgan fingerprint density at radius 2 is 2.07 bits per heavy atom. The van der Waals surface area contributed by atoms with E-state index in [-0.39, 0.29) is 24.0 Å². The Balaban J connectivity index is 1.54. The van der Waals surface area contributed by atoms with Gasteiger partial charge < -0.3 is 14.4 Å². The third-order valence-corrected chi connectivity index (χ3v) is 4.68. The van der Waals surface area contributed by atoms with Crippen molar-refractivity contribution >= 4 is 11.6 Å². The van der Waals surface area contributed by atoms with Crippen LogP contribution in [0.25, 0.3) is 0 Å². The number of nitrogens with zero attached hydrogens (tertiary/aromatic N) is 2. The van der Waals surface area contributed by atoms with Gasteiger partial charge in [-0.3, -0.25) is 9.69 Å². The molecule has 0 N–H and O–H groups in total. The molecule has 1 heterocycles. The van der Waals surface area contributed by atoms with Gasteiger partial charge in [-0.1, -0.05) is 12.1 Å². The minimum absolute atomic E-state index is 0.0505. The monoisotopic (exact) mass is 372 g/mol. The van der Waals surface area contributed by atoms with Crippen LogP contribution in [0.2, 0.25) is 0 Å². The summed E-state index contributed by atoms with van der Waals surface area (Å²) in [6.07, 6.45) is 1.88. The summed E-state index contributed by atoms with van der Waals surface area (Å²) in [5.74, 6) is 0.715. The molecule has 1 amide bonds. The smallest absolute Gasteiger partial charge is 0.241 e. The lowest BCUT2D eigenvalue weighted by Crippen LogP contribution is -2.42. The number of aryl methyl sites for hydroxylation is 1. The van der Waals surface area contributed by atoms with E-state index in [1.165, 1.54) is 6.07 Å². The Bertz CT molecular complexity index is 797. The van der Waals surface area contributed by atoms with E-state index in [4.69, 9.17) is 9.47 Å². The van der Waals surface area contributed by atoms with Crippen molar-refractivity contribution in [1.82, 2.24) is 4.90 Å². The zero-order chi connectivity index (χ0) is 19.2. The average Bonchev–Trinajstić information content (AvgIpc) is 2.68. The summed E-state index contributed by atoms with van der Waals surface area (Å²) in [5.41, 5.74) is 2.10. The highest BCUT2D eigenvalue weighted by Gasteiger charge is 2.23. The van der Waals surface area contributed by atoms with Crippen LogP contribution in [0.5, 0.6) is 11.5 Å². The van der Waals surface area contributed by atoms with E-state index in [0.29, 0.717) is 13.2 Å². The van der Waals surface area contributed by atoms with Crippen molar-refractivity contribution in [2.45, 2.75) is 12.8 Å². The Kier molecular flexibility index (Phi) is 6.29. The summed E-state index contributed by atoms with van der Waals surface area (Å²) in [4.78, 5) is 16.5. The van der Waals surface area contributed by atoms with Gasteiger partial charge in [0, 0.05) is 18.8 Å². The maximum absolute atomic E-state index is 13.6. The molecule has 27 heavy (non-hydrogen) atoms. The van der Waals surface area contributed by atoms with Gasteiger partial charge in [0.25, 0.3) is 0 Å². The molecule has 0 aliphatic carbocycles. The molecule has 0 radical (unpaired) electrons. The van der Waals surface area contributed by atoms with Gasteiger partial charge in [0.2, 0.25) is 5.91 Å². The molecule has 5 nitrogen and oxygen atoms in total. The van der Waals surface area contributed by atoms with Crippen LogP contribution in [0.3, 0.4) is 0 Å². The van der Waals surface area contributed by atoms with Crippen LogP contribution < -0.4 is 14.4 Å². The third kappa shape index (κ3) is 4.77. The fraction of sp³-hybridized carbons (Fsp3) is 0.381. The lowest BCUT2D eigenvalue weighted by atomic mass is 10.0. The van der Waals surface area contributed by atoms with Crippen LogP contribution in [0.15, 0.2) is 42.5 Å². The van der Waals surface area contributed by atoms with E-state index < -0.39 is 0 Å². The van der Waals surface area contributed by atoms with Crippen molar-refractivity contribution in [2.24, 2.45) is 0 Å². The molecule has 1 aliphatic heterocycles. The maximum Gasteiger partial charge on any atom is 0.241 e. The Labute approximate surface area is 159 Å². The van der Waals surface area contributed by atoms with Crippen LogP contribution in [-0.4, -0.2) is 51.2 Å². The normalized spacial score (nSPS) is 13.4. The van der Waals surface area contributed by atoms with E-state index >= 15 is 0 Å². The van der Waals surface area contributed by atoms with Crippen LogP contribution in [-0.2, 0) is 11.2 Å². The van der Waals surface area contributed by atoms with Crippen molar-refractivity contribution in [3.8, 4) is 11.5 Å². The average molecular weight is 372 g/mol. The van der Waals surface area contributed by atoms with Crippen molar-refractivity contribution < 1.29 is 18.7 Å². The summed E-state index contributed by atoms with van der Waals surface area (Å²) in [7, 11) is 3.51. The molecule has 144 valence electrons. The number of methoxy groups -OCH3 is 1. The highest BCUT2D eigenvalue weighted by atomic mass is 19.1. The van der Waals surface area contributed by atoms with Gasteiger partial charge >= 0.3 is 0 Å². The van der Waals surface area contributed by atoms with Gasteiger partial charge in [-0.15, -0.1) is 0 Å². The number of rotatable bonds is 7. The third-order valence-electron chi connectivity index (χ3n) is 4.68. The van der Waals surface area contributed by atoms with Crippen LogP contribution in [0, 0.1) is 5.82 Å². The Morgan fingerprint density at radius 3 is 2.85 bits per heavy atom. The number of likely N-dealkylation sites (N-methyl/N-ethyl adjacent to an activating group) is 1. The SMILES string of the molecule is COc1ccc2c(c1)CCCN2C(=O)CN(C)CCOc1ccccc1F. The van der Waals surface area contributed by atoms with Crippen molar-refractivity contribution in [1.29, 1.82) is 0 Å². The summed E-state index contributed by atoms with van der Waals surface area (Å²) < 4.78 is 24.3. The molecule has 0 saturated heterocycles. The molecule has 0 unspecified atom stereocenters. The molecule has 0 atom stereocenters. The first kappa shape index (κ1) is 19.2.